The number of carbonyl (C=O) groups is 6. The molecule has 11 unspecified atom stereocenters. The Morgan fingerprint density at radius 1 is 0.575 bits per heavy atom. The maximum atomic E-state index is 12.2. The predicted octanol–water partition coefficient (Wildman–Crippen LogP) is 4.87. The SMILES string of the molecule is CC1(C)OCC2C=CC(=O)N21.CC1(C)OCC2CCC(=O)N21.CC1C(=O)N2C(COC2(C)C)C1C.CC1C(CO)NC(=O)C1(C)C.CC1C2COC(C)(C)N2C(=O)C1(C)C.CC1CC(=O)N2C1COC2(C)C.[B]. The first kappa shape index (κ1) is 60.3. The third kappa shape index (κ3) is 11.2. The van der Waals surface area contributed by atoms with Gasteiger partial charge in [-0.05, 0) is 99.3 Å². The summed E-state index contributed by atoms with van der Waals surface area (Å²) in [5, 5.41) is 11.6. The molecule has 0 bridgehead atoms. The van der Waals surface area contributed by atoms with Gasteiger partial charge in [0.2, 0.25) is 35.4 Å². The van der Waals surface area contributed by atoms with Gasteiger partial charge in [0.15, 0.2) is 0 Å². The number of aliphatic hydroxyl groups is 1. The van der Waals surface area contributed by atoms with E-state index in [-0.39, 0.29) is 108 Å². The average molecular weight is 1030 g/mol. The second-order valence-corrected chi connectivity index (χ2v) is 25.3. The van der Waals surface area contributed by atoms with Crippen LogP contribution in [0.15, 0.2) is 12.2 Å². The zero-order chi connectivity index (χ0) is 54.2. The summed E-state index contributed by atoms with van der Waals surface area (Å²) in [7, 11) is 0. The Bertz CT molecular complexity index is 2120. The van der Waals surface area contributed by atoms with Gasteiger partial charge in [-0.25, -0.2) is 0 Å². The summed E-state index contributed by atoms with van der Waals surface area (Å²) in [6.45, 7) is 41.3. The summed E-state index contributed by atoms with van der Waals surface area (Å²) in [5.41, 5.74) is -2.49. The lowest BCUT2D eigenvalue weighted by Crippen LogP contribution is -2.45. The number of nitrogens with zero attached hydrogens (tertiary/aromatic N) is 5. The lowest BCUT2D eigenvalue weighted by Gasteiger charge is -2.30. The fourth-order valence-electron chi connectivity index (χ4n) is 12.3. The van der Waals surface area contributed by atoms with Gasteiger partial charge in [-0.15, -0.1) is 0 Å². The van der Waals surface area contributed by atoms with Gasteiger partial charge < -0.3 is 58.6 Å². The largest absolute Gasteiger partial charge is 0.394 e. The van der Waals surface area contributed by atoms with Crippen molar-refractivity contribution in [3.8, 4) is 0 Å². The van der Waals surface area contributed by atoms with Crippen LogP contribution in [0.3, 0.4) is 0 Å². The van der Waals surface area contributed by atoms with E-state index >= 15 is 0 Å². The van der Waals surface area contributed by atoms with Gasteiger partial charge in [0, 0.05) is 44.1 Å². The molecule has 73 heavy (non-hydrogen) atoms. The molecule has 10 saturated heterocycles. The van der Waals surface area contributed by atoms with E-state index in [9.17, 15) is 28.8 Å². The highest BCUT2D eigenvalue weighted by atomic mass is 16.5. The van der Waals surface area contributed by atoms with E-state index in [1.165, 1.54) is 0 Å². The fraction of sp³-hybridized carbons (Fsp3) is 0.852. The molecule has 11 aliphatic heterocycles. The highest BCUT2D eigenvalue weighted by molar-refractivity contribution is 5.91. The smallest absolute Gasteiger partial charge is 0.249 e. The van der Waals surface area contributed by atoms with Crippen LogP contribution < -0.4 is 5.32 Å². The van der Waals surface area contributed by atoms with Crippen molar-refractivity contribution in [3.05, 3.63) is 12.2 Å². The van der Waals surface area contributed by atoms with Gasteiger partial charge in [0.05, 0.1) is 75.9 Å². The Morgan fingerprint density at radius 3 is 1.55 bits per heavy atom. The molecular weight excluding hydrogens is 935 g/mol. The van der Waals surface area contributed by atoms with Crippen molar-refractivity contribution in [1.82, 2.24) is 29.8 Å². The second-order valence-electron chi connectivity index (χ2n) is 25.3. The van der Waals surface area contributed by atoms with Crippen molar-refractivity contribution < 1.29 is 57.6 Å². The zero-order valence-corrected chi connectivity index (χ0v) is 47.6. The Morgan fingerprint density at radius 2 is 1.07 bits per heavy atom. The molecule has 411 valence electrons. The molecule has 11 rings (SSSR count). The van der Waals surface area contributed by atoms with E-state index < -0.39 is 11.4 Å². The van der Waals surface area contributed by atoms with Crippen molar-refractivity contribution >= 4 is 43.9 Å². The van der Waals surface area contributed by atoms with E-state index in [1.807, 2.05) is 136 Å². The third-order valence-electron chi connectivity index (χ3n) is 18.1. The van der Waals surface area contributed by atoms with Gasteiger partial charge in [0.1, 0.15) is 28.6 Å². The standard InChI is InChI=1S/C11H19NO2.C10H17NO2.C9H15NO2.C8H13NO2.C8H11NO2.C8H15NO2.B/c1-7-8-6-14-11(4,5)12(8)9(13)10(7,2)3;1-6-7(2)9(12)11-8(6)5-13-10(11,3)4;1-6-4-8(11)10-7(6)5-12-9(10,2)3;2*1-8(2)9-6(5-11-8)3-4-7(9)10;1-5-6(4-10)9-7(11)8(5,2)3;/h7-8H,6H2,1-5H3;6-8H,5H2,1-4H3;6-7H,4-5H2,1-3H3;6H,3-5H2,1-2H3;3-4,6H,5H2,1-2H3;5-6,10H,4H2,1-3H3,(H,9,11);. The minimum atomic E-state index is -0.413. The molecule has 10 fully saturated rings. The van der Waals surface area contributed by atoms with Crippen LogP contribution >= 0.6 is 0 Å². The van der Waals surface area contributed by atoms with Crippen LogP contribution in [0, 0.1) is 40.4 Å². The topological polar surface area (TPSA) is 197 Å². The first-order chi connectivity index (χ1) is 33.0. The molecule has 0 aliphatic carbocycles. The Balaban J connectivity index is 0.000000162. The molecule has 0 aromatic rings. The van der Waals surface area contributed by atoms with Crippen LogP contribution in [-0.4, -0.2) is 178 Å². The molecule has 11 heterocycles. The molecule has 0 aromatic carbocycles. The first-order valence-electron chi connectivity index (χ1n) is 26.4. The number of carbonyl (C=O) groups excluding carboxylic acids is 6. The van der Waals surface area contributed by atoms with Crippen LogP contribution in [0.2, 0.25) is 0 Å². The number of ether oxygens (including phenoxy) is 5. The van der Waals surface area contributed by atoms with Crippen molar-refractivity contribution in [1.29, 1.82) is 0 Å². The second kappa shape index (κ2) is 21.1. The molecule has 0 saturated carbocycles. The van der Waals surface area contributed by atoms with Crippen LogP contribution in [0.1, 0.15) is 151 Å². The number of amides is 6. The number of fused-ring (bicyclic) bond motifs is 5. The highest BCUT2D eigenvalue weighted by Gasteiger charge is 2.59. The average Bonchev–Trinajstić information content (AvgIpc) is 4.19. The third-order valence-corrected chi connectivity index (χ3v) is 18.1. The van der Waals surface area contributed by atoms with Gasteiger partial charge >= 0.3 is 0 Å². The molecule has 11 aliphatic rings. The molecular formula is C54H90BN6O12. The van der Waals surface area contributed by atoms with Crippen LogP contribution in [0.5, 0.6) is 0 Å². The molecule has 0 spiro atoms. The molecule has 3 radical (unpaired) electrons. The first-order valence-corrected chi connectivity index (χ1v) is 26.4. The maximum Gasteiger partial charge on any atom is 0.249 e. The van der Waals surface area contributed by atoms with E-state index in [2.05, 4.69) is 26.1 Å². The minimum absolute atomic E-state index is 0. The van der Waals surface area contributed by atoms with Crippen molar-refractivity contribution in [2.24, 2.45) is 40.4 Å². The molecule has 2 N–H and O–H groups in total. The summed E-state index contributed by atoms with van der Waals surface area (Å²) >= 11 is 0. The summed E-state index contributed by atoms with van der Waals surface area (Å²) in [6, 6.07) is 1.38. The highest BCUT2D eigenvalue weighted by Crippen LogP contribution is 2.48. The zero-order valence-electron chi connectivity index (χ0n) is 47.6. The Kier molecular flexibility index (Phi) is 17.4. The number of hydrogen-bond donors (Lipinski definition) is 2. The molecule has 6 amide bonds. The molecule has 19 heteroatoms. The predicted molar refractivity (Wildman–Crippen MR) is 274 cm³/mol. The van der Waals surface area contributed by atoms with Crippen LogP contribution in [-0.2, 0) is 52.5 Å². The monoisotopic (exact) mass is 1030 g/mol. The van der Waals surface area contributed by atoms with E-state index in [0.717, 1.165) is 13.0 Å². The fourth-order valence-corrected chi connectivity index (χ4v) is 12.3. The normalized spacial score (nSPS) is 37.0. The van der Waals surface area contributed by atoms with Crippen molar-refractivity contribution in [2.45, 2.75) is 216 Å². The van der Waals surface area contributed by atoms with Gasteiger partial charge in [-0.2, -0.15) is 0 Å². The molecule has 0 aromatic heterocycles. The number of hydrogen-bond acceptors (Lipinski definition) is 12. The van der Waals surface area contributed by atoms with E-state index in [0.29, 0.717) is 75.1 Å². The van der Waals surface area contributed by atoms with Crippen molar-refractivity contribution in [2.75, 3.05) is 39.6 Å². The summed E-state index contributed by atoms with van der Waals surface area (Å²) < 4.78 is 27.7. The molecule has 11 atom stereocenters. The summed E-state index contributed by atoms with van der Waals surface area (Å²) in [4.78, 5) is 78.8. The minimum Gasteiger partial charge on any atom is -0.394 e. The number of rotatable bonds is 1. The van der Waals surface area contributed by atoms with Gasteiger partial charge in [0.25, 0.3) is 0 Å². The quantitative estimate of drug-likeness (QED) is 0.339. The number of aliphatic hydroxyl groups excluding tert-OH is 1. The maximum absolute atomic E-state index is 12.2. The lowest BCUT2D eigenvalue weighted by molar-refractivity contribution is -0.149. The molecule has 18 nitrogen and oxygen atoms in total. The Hall–Kier alpha value is -3.62. The van der Waals surface area contributed by atoms with Crippen molar-refractivity contribution in [3.63, 3.8) is 0 Å². The number of nitrogens with one attached hydrogen (secondary N) is 1. The van der Waals surface area contributed by atoms with E-state index in [1.54, 1.807) is 11.0 Å². The summed E-state index contributed by atoms with van der Waals surface area (Å²) in [5.74, 6) is 2.71. The van der Waals surface area contributed by atoms with Gasteiger partial charge in [-0.1, -0.05) is 68.4 Å². The summed E-state index contributed by atoms with van der Waals surface area (Å²) in [6.07, 6.45) is 5.89. The Labute approximate surface area is 437 Å². The van der Waals surface area contributed by atoms with Gasteiger partial charge in [-0.3, -0.25) is 28.8 Å². The van der Waals surface area contributed by atoms with Crippen LogP contribution in [0.25, 0.3) is 0 Å². The van der Waals surface area contributed by atoms with Crippen LogP contribution in [0.4, 0.5) is 0 Å². The lowest BCUT2D eigenvalue weighted by atomic mass is 9.80. The van der Waals surface area contributed by atoms with E-state index in [4.69, 9.17) is 28.8 Å².